The van der Waals surface area contributed by atoms with Crippen molar-refractivity contribution in [2.24, 2.45) is 0 Å². The van der Waals surface area contributed by atoms with Crippen LogP contribution in [0.3, 0.4) is 0 Å². The van der Waals surface area contributed by atoms with Crippen LogP contribution < -0.4 is 11.1 Å². The second-order valence-electron chi connectivity index (χ2n) is 3.33. The third kappa shape index (κ3) is 2.76. The third-order valence-electron chi connectivity index (χ3n) is 2.02. The molecule has 3 nitrogen and oxygen atoms in total. The van der Waals surface area contributed by atoms with Gasteiger partial charge in [-0.2, -0.15) is 0 Å². The first-order valence-corrected chi connectivity index (χ1v) is 4.75. The lowest BCUT2D eigenvalue weighted by Crippen LogP contribution is -2.24. The predicted octanol–water partition coefficient (Wildman–Crippen LogP) is 1.26. The van der Waals surface area contributed by atoms with Gasteiger partial charge in [0.25, 0.3) is 0 Å². The van der Waals surface area contributed by atoms with Crippen LogP contribution in [0.5, 0.6) is 0 Å². The second kappa shape index (κ2) is 4.65. The standard InChI is InChI=1S/C11H16N2O/c1-3-13-11(14)7-9-6-8(2)4-5-10(9)12/h4-6H,3,7,12H2,1-2H3,(H,13,14). The Hall–Kier alpha value is -1.51. The predicted molar refractivity (Wildman–Crippen MR) is 58.0 cm³/mol. The Bertz CT molecular complexity index is 334. The summed E-state index contributed by atoms with van der Waals surface area (Å²) in [6, 6.07) is 5.73. The van der Waals surface area contributed by atoms with E-state index < -0.39 is 0 Å². The molecule has 3 heteroatoms. The van der Waals surface area contributed by atoms with Crippen molar-refractivity contribution in [2.45, 2.75) is 20.3 Å². The van der Waals surface area contributed by atoms with Gasteiger partial charge < -0.3 is 11.1 Å². The molecule has 0 bridgehead atoms. The molecule has 0 radical (unpaired) electrons. The van der Waals surface area contributed by atoms with E-state index in [1.807, 2.05) is 32.0 Å². The number of amides is 1. The van der Waals surface area contributed by atoms with Crippen LogP contribution in [0.4, 0.5) is 5.69 Å². The summed E-state index contributed by atoms with van der Waals surface area (Å²) in [6.07, 6.45) is 0.362. The van der Waals surface area contributed by atoms with Gasteiger partial charge >= 0.3 is 0 Å². The summed E-state index contributed by atoms with van der Waals surface area (Å²) >= 11 is 0. The lowest BCUT2D eigenvalue weighted by molar-refractivity contribution is -0.120. The van der Waals surface area contributed by atoms with E-state index in [2.05, 4.69) is 5.32 Å². The summed E-state index contributed by atoms with van der Waals surface area (Å²) in [7, 11) is 0. The number of rotatable bonds is 3. The lowest BCUT2D eigenvalue weighted by atomic mass is 10.1. The highest BCUT2D eigenvalue weighted by Crippen LogP contribution is 2.14. The monoisotopic (exact) mass is 192 g/mol. The van der Waals surface area contributed by atoms with Crippen molar-refractivity contribution < 1.29 is 4.79 Å². The molecule has 0 heterocycles. The zero-order chi connectivity index (χ0) is 10.6. The Labute approximate surface area is 84.3 Å². The van der Waals surface area contributed by atoms with E-state index >= 15 is 0 Å². The maximum absolute atomic E-state index is 11.3. The van der Waals surface area contributed by atoms with Crippen molar-refractivity contribution in [1.82, 2.24) is 5.32 Å². The molecule has 0 fully saturated rings. The molecule has 14 heavy (non-hydrogen) atoms. The largest absolute Gasteiger partial charge is 0.398 e. The van der Waals surface area contributed by atoms with Crippen molar-refractivity contribution in [3.05, 3.63) is 29.3 Å². The third-order valence-corrected chi connectivity index (χ3v) is 2.02. The molecule has 0 unspecified atom stereocenters. The van der Waals surface area contributed by atoms with Gasteiger partial charge in [-0.3, -0.25) is 4.79 Å². The molecular weight excluding hydrogens is 176 g/mol. The van der Waals surface area contributed by atoms with Crippen LogP contribution in [0.1, 0.15) is 18.1 Å². The van der Waals surface area contributed by atoms with Crippen LogP contribution >= 0.6 is 0 Å². The zero-order valence-electron chi connectivity index (χ0n) is 8.63. The first-order chi connectivity index (χ1) is 6.63. The van der Waals surface area contributed by atoms with Crippen molar-refractivity contribution >= 4 is 11.6 Å². The van der Waals surface area contributed by atoms with Gasteiger partial charge in [-0.05, 0) is 25.5 Å². The van der Waals surface area contributed by atoms with E-state index in [1.165, 1.54) is 0 Å². The van der Waals surface area contributed by atoms with Gasteiger partial charge in [-0.25, -0.2) is 0 Å². The Morgan fingerprint density at radius 1 is 1.50 bits per heavy atom. The number of nitrogens with two attached hydrogens (primary N) is 1. The number of benzene rings is 1. The normalized spacial score (nSPS) is 9.86. The molecule has 76 valence electrons. The number of carbonyl (C=O) groups excluding carboxylic acids is 1. The molecule has 1 rings (SSSR count). The van der Waals surface area contributed by atoms with E-state index in [9.17, 15) is 4.79 Å². The van der Waals surface area contributed by atoms with Gasteiger partial charge in [-0.15, -0.1) is 0 Å². The molecule has 0 saturated carbocycles. The van der Waals surface area contributed by atoms with Crippen molar-refractivity contribution in [2.75, 3.05) is 12.3 Å². The van der Waals surface area contributed by atoms with Gasteiger partial charge in [0.15, 0.2) is 0 Å². The molecule has 0 aromatic heterocycles. The Morgan fingerprint density at radius 3 is 2.86 bits per heavy atom. The summed E-state index contributed by atoms with van der Waals surface area (Å²) in [5.74, 6) is 0.0183. The highest BCUT2D eigenvalue weighted by Gasteiger charge is 2.05. The number of nitrogens with one attached hydrogen (secondary N) is 1. The number of likely N-dealkylation sites (N-methyl/N-ethyl adjacent to an activating group) is 1. The fraction of sp³-hybridized carbons (Fsp3) is 0.364. The molecule has 1 amide bonds. The first-order valence-electron chi connectivity index (χ1n) is 4.75. The van der Waals surface area contributed by atoms with Gasteiger partial charge in [-0.1, -0.05) is 17.7 Å². The molecule has 0 spiro atoms. The maximum atomic E-state index is 11.3. The second-order valence-corrected chi connectivity index (χ2v) is 3.33. The minimum atomic E-state index is 0.0183. The highest BCUT2D eigenvalue weighted by atomic mass is 16.1. The maximum Gasteiger partial charge on any atom is 0.224 e. The Morgan fingerprint density at radius 2 is 2.21 bits per heavy atom. The summed E-state index contributed by atoms with van der Waals surface area (Å²) in [5.41, 5.74) is 8.46. The van der Waals surface area contributed by atoms with E-state index in [1.54, 1.807) is 0 Å². The fourth-order valence-electron chi connectivity index (χ4n) is 1.32. The molecular formula is C11H16N2O. The Balaban J connectivity index is 2.75. The first kappa shape index (κ1) is 10.6. The average Bonchev–Trinajstić information content (AvgIpc) is 2.12. The summed E-state index contributed by atoms with van der Waals surface area (Å²) in [6.45, 7) is 4.54. The molecule has 0 aliphatic heterocycles. The molecule has 0 aliphatic rings. The molecule has 1 aromatic carbocycles. The molecule has 0 aliphatic carbocycles. The van der Waals surface area contributed by atoms with Gasteiger partial charge in [0.1, 0.15) is 0 Å². The molecule has 0 atom stereocenters. The number of aryl methyl sites for hydroxylation is 1. The highest BCUT2D eigenvalue weighted by molar-refractivity contribution is 5.80. The van der Waals surface area contributed by atoms with Crippen LogP contribution in [0, 0.1) is 6.92 Å². The summed E-state index contributed by atoms with van der Waals surface area (Å²) < 4.78 is 0. The summed E-state index contributed by atoms with van der Waals surface area (Å²) in [4.78, 5) is 11.3. The number of hydrogen-bond donors (Lipinski definition) is 2. The fourth-order valence-corrected chi connectivity index (χ4v) is 1.32. The minimum absolute atomic E-state index is 0.0183. The van der Waals surface area contributed by atoms with E-state index in [0.717, 1.165) is 11.1 Å². The van der Waals surface area contributed by atoms with Gasteiger partial charge in [0.05, 0.1) is 6.42 Å². The Kier molecular flexibility index (Phi) is 3.51. The number of hydrogen-bond acceptors (Lipinski definition) is 2. The summed E-state index contributed by atoms with van der Waals surface area (Å²) in [5, 5.41) is 2.75. The zero-order valence-corrected chi connectivity index (χ0v) is 8.63. The topological polar surface area (TPSA) is 55.1 Å². The number of nitrogen functional groups attached to an aromatic ring is 1. The van der Waals surface area contributed by atoms with E-state index in [4.69, 9.17) is 5.73 Å². The van der Waals surface area contributed by atoms with E-state index in [0.29, 0.717) is 18.7 Å². The minimum Gasteiger partial charge on any atom is -0.398 e. The smallest absolute Gasteiger partial charge is 0.224 e. The van der Waals surface area contributed by atoms with Crippen LogP contribution in [0.2, 0.25) is 0 Å². The lowest BCUT2D eigenvalue weighted by Gasteiger charge is -2.06. The van der Waals surface area contributed by atoms with Crippen LogP contribution in [0.15, 0.2) is 18.2 Å². The van der Waals surface area contributed by atoms with Crippen molar-refractivity contribution in [1.29, 1.82) is 0 Å². The van der Waals surface area contributed by atoms with Crippen LogP contribution in [-0.4, -0.2) is 12.5 Å². The van der Waals surface area contributed by atoms with Crippen molar-refractivity contribution in [3.63, 3.8) is 0 Å². The number of anilines is 1. The van der Waals surface area contributed by atoms with Crippen LogP contribution in [0.25, 0.3) is 0 Å². The SMILES string of the molecule is CCNC(=O)Cc1cc(C)ccc1N. The average molecular weight is 192 g/mol. The molecule has 1 aromatic rings. The molecule has 0 saturated heterocycles. The van der Waals surface area contributed by atoms with E-state index in [-0.39, 0.29) is 5.91 Å². The molecule has 3 N–H and O–H groups in total. The van der Waals surface area contributed by atoms with Crippen LogP contribution in [-0.2, 0) is 11.2 Å². The number of carbonyl (C=O) groups is 1. The van der Waals surface area contributed by atoms with Crippen molar-refractivity contribution in [3.8, 4) is 0 Å². The quantitative estimate of drug-likeness (QED) is 0.708. The van der Waals surface area contributed by atoms with Gasteiger partial charge in [0.2, 0.25) is 5.91 Å². The van der Waals surface area contributed by atoms with Gasteiger partial charge in [0, 0.05) is 12.2 Å².